The molecule has 1 aliphatic carbocycles. The number of furan rings is 1. The Balaban J connectivity index is 2.04. The summed E-state index contributed by atoms with van der Waals surface area (Å²) in [6.45, 7) is 0. The van der Waals surface area contributed by atoms with Crippen molar-refractivity contribution >= 4 is 6.29 Å². The summed E-state index contributed by atoms with van der Waals surface area (Å²) in [4.78, 5) is 10.5. The fourth-order valence-corrected chi connectivity index (χ4v) is 1.92. The third-order valence-electron chi connectivity index (χ3n) is 2.90. The summed E-state index contributed by atoms with van der Waals surface area (Å²) in [6.07, 6.45) is 3.07. The highest BCUT2D eigenvalue weighted by Gasteiger charge is 2.14. The molecule has 1 heterocycles. The zero-order chi connectivity index (χ0) is 10.3. The first kappa shape index (κ1) is 8.48. The van der Waals surface area contributed by atoms with Gasteiger partial charge in [0, 0.05) is 5.56 Å². The number of hydrogen-bond donors (Lipinski definition) is 0. The molecule has 0 spiro atoms. The van der Waals surface area contributed by atoms with Crippen LogP contribution in [-0.4, -0.2) is 6.29 Å². The number of hydrogen-bond acceptors (Lipinski definition) is 2. The van der Waals surface area contributed by atoms with E-state index in [0.717, 1.165) is 24.0 Å². The fourth-order valence-electron chi connectivity index (χ4n) is 1.92. The molecule has 0 aliphatic heterocycles. The molecule has 1 aromatic carbocycles. The zero-order valence-corrected chi connectivity index (χ0v) is 8.19. The van der Waals surface area contributed by atoms with E-state index in [1.807, 2.05) is 12.1 Å². The molecule has 0 radical (unpaired) electrons. The molecule has 2 nitrogen and oxygen atoms in total. The lowest BCUT2D eigenvalue weighted by Crippen LogP contribution is -2.07. The van der Waals surface area contributed by atoms with E-state index in [9.17, 15) is 4.79 Å². The predicted molar refractivity (Wildman–Crippen MR) is 56.9 cm³/mol. The first-order chi connectivity index (χ1) is 7.36. The largest absolute Gasteiger partial charge is 0.453 e. The van der Waals surface area contributed by atoms with Crippen LogP contribution in [0.2, 0.25) is 0 Å². The first-order valence-corrected chi connectivity index (χ1v) is 5.04. The highest BCUT2D eigenvalue weighted by molar-refractivity contribution is 5.73. The van der Waals surface area contributed by atoms with Crippen LogP contribution in [0.1, 0.15) is 21.7 Å². The van der Waals surface area contributed by atoms with Crippen molar-refractivity contribution in [1.82, 2.24) is 0 Å². The van der Waals surface area contributed by atoms with Crippen molar-refractivity contribution in [3.05, 3.63) is 47.2 Å². The summed E-state index contributed by atoms with van der Waals surface area (Å²) < 4.78 is 5.37. The summed E-state index contributed by atoms with van der Waals surface area (Å²) in [7, 11) is 0. The molecule has 0 saturated carbocycles. The molecule has 2 aromatic rings. The number of carbonyl (C=O) groups excluding carboxylic acids is 1. The lowest BCUT2D eigenvalue weighted by Gasteiger charge is -2.18. The maximum Gasteiger partial charge on any atom is 0.185 e. The van der Waals surface area contributed by atoms with E-state index in [0.29, 0.717) is 5.76 Å². The van der Waals surface area contributed by atoms with E-state index in [4.69, 9.17) is 4.42 Å². The summed E-state index contributed by atoms with van der Waals surface area (Å²) in [6, 6.07) is 9.86. The molecule has 0 bridgehead atoms. The Bertz CT molecular complexity index is 523. The lowest BCUT2D eigenvalue weighted by molar-refractivity contribution is 0.110. The second kappa shape index (κ2) is 3.09. The Morgan fingerprint density at radius 2 is 1.93 bits per heavy atom. The number of aryl methyl sites for hydroxylation is 2. The van der Waals surface area contributed by atoms with Crippen molar-refractivity contribution < 1.29 is 9.21 Å². The summed E-state index contributed by atoms with van der Waals surface area (Å²) >= 11 is 0. The Hall–Kier alpha value is -1.83. The van der Waals surface area contributed by atoms with E-state index in [-0.39, 0.29) is 0 Å². The molecule has 1 aromatic heterocycles. The third kappa shape index (κ3) is 1.30. The molecule has 3 rings (SSSR count). The molecule has 2 heteroatoms. The number of benzene rings is 1. The van der Waals surface area contributed by atoms with Gasteiger partial charge in [-0.2, -0.15) is 0 Å². The Morgan fingerprint density at radius 1 is 1.07 bits per heavy atom. The Morgan fingerprint density at radius 3 is 2.53 bits per heavy atom. The third-order valence-corrected chi connectivity index (χ3v) is 2.90. The Labute approximate surface area is 87.5 Å². The molecule has 0 amide bonds. The molecule has 0 fully saturated rings. The van der Waals surface area contributed by atoms with Crippen LogP contribution in [0.15, 0.2) is 34.7 Å². The minimum atomic E-state index is 0.382. The molecule has 1 aliphatic rings. The smallest absolute Gasteiger partial charge is 0.185 e. The SMILES string of the molecule is O=Cc1ccc(-c2ccc3c(c2)CC3)o1. The van der Waals surface area contributed by atoms with E-state index in [1.54, 1.807) is 6.07 Å². The van der Waals surface area contributed by atoms with Crippen LogP contribution in [0.5, 0.6) is 0 Å². The predicted octanol–water partition coefficient (Wildman–Crippen LogP) is 2.86. The van der Waals surface area contributed by atoms with Gasteiger partial charge in [0.2, 0.25) is 0 Å². The van der Waals surface area contributed by atoms with Crippen molar-refractivity contribution in [3.8, 4) is 11.3 Å². The highest BCUT2D eigenvalue weighted by atomic mass is 16.3. The molecular weight excluding hydrogens is 188 g/mol. The average Bonchev–Trinajstić information content (AvgIpc) is 2.68. The molecule has 0 unspecified atom stereocenters. The minimum absolute atomic E-state index is 0.382. The summed E-state index contributed by atoms with van der Waals surface area (Å²) in [5.41, 5.74) is 3.89. The van der Waals surface area contributed by atoms with Crippen LogP contribution in [0.4, 0.5) is 0 Å². The number of rotatable bonds is 2. The number of aldehydes is 1. The van der Waals surface area contributed by atoms with Gasteiger partial charge in [-0.25, -0.2) is 0 Å². The van der Waals surface area contributed by atoms with E-state index in [1.165, 1.54) is 17.5 Å². The van der Waals surface area contributed by atoms with E-state index >= 15 is 0 Å². The molecule has 0 saturated heterocycles. The maximum absolute atomic E-state index is 10.5. The van der Waals surface area contributed by atoms with Gasteiger partial charge < -0.3 is 4.42 Å². The van der Waals surface area contributed by atoms with Crippen LogP contribution < -0.4 is 0 Å². The van der Waals surface area contributed by atoms with Crippen LogP contribution in [0.3, 0.4) is 0 Å². The van der Waals surface area contributed by atoms with E-state index in [2.05, 4.69) is 12.1 Å². The van der Waals surface area contributed by atoms with E-state index < -0.39 is 0 Å². The van der Waals surface area contributed by atoms with Crippen LogP contribution in [0, 0.1) is 0 Å². The van der Waals surface area contributed by atoms with Crippen LogP contribution in [-0.2, 0) is 12.8 Å². The van der Waals surface area contributed by atoms with Crippen molar-refractivity contribution in [3.63, 3.8) is 0 Å². The highest BCUT2D eigenvalue weighted by Crippen LogP contribution is 2.29. The molecule has 15 heavy (non-hydrogen) atoms. The lowest BCUT2D eigenvalue weighted by atomic mass is 9.87. The zero-order valence-electron chi connectivity index (χ0n) is 8.19. The molecule has 0 atom stereocenters. The van der Waals surface area contributed by atoms with Gasteiger partial charge in [-0.1, -0.05) is 12.1 Å². The second-order valence-electron chi connectivity index (χ2n) is 3.80. The quantitative estimate of drug-likeness (QED) is 0.694. The van der Waals surface area contributed by atoms with Gasteiger partial charge in [0.25, 0.3) is 0 Å². The van der Waals surface area contributed by atoms with Gasteiger partial charge in [0.1, 0.15) is 5.76 Å². The van der Waals surface area contributed by atoms with Gasteiger partial charge in [-0.3, -0.25) is 4.79 Å². The summed E-state index contributed by atoms with van der Waals surface area (Å²) in [5.74, 6) is 1.15. The van der Waals surface area contributed by atoms with Crippen molar-refractivity contribution in [2.45, 2.75) is 12.8 Å². The maximum atomic E-state index is 10.5. The number of fused-ring (bicyclic) bond motifs is 1. The molecular formula is C13H10O2. The molecule has 0 N–H and O–H groups in total. The van der Waals surface area contributed by atoms with Gasteiger partial charge >= 0.3 is 0 Å². The average molecular weight is 198 g/mol. The molecule has 74 valence electrons. The standard InChI is InChI=1S/C13H10O2/c14-8-12-5-6-13(15-12)11-4-2-9-1-3-10(9)7-11/h2,4-8H,1,3H2. The summed E-state index contributed by atoms with van der Waals surface area (Å²) in [5, 5.41) is 0. The second-order valence-corrected chi connectivity index (χ2v) is 3.80. The van der Waals surface area contributed by atoms with Crippen molar-refractivity contribution in [2.75, 3.05) is 0 Å². The monoisotopic (exact) mass is 198 g/mol. The first-order valence-electron chi connectivity index (χ1n) is 5.04. The fraction of sp³-hybridized carbons (Fsp3) is 0.154. The van der Waals surface area contributed by atoms with Crippen LogP contribution >= 0.6 is 0 Å². The normalized spacial score (nSPS) is 13.1. The van der Waals surface area contributed by atoms with Gasteiger partial charge in [-0.05, 0) is 42.2 Å². The minimum Gasteiger partial charge on any atom is -0.453 e. The van der Waals surface area contributed by atoms with Crippen molar-refractivity contribution in [1.29, 1.82) is 0 Å². The van der Waals surface area contributed by atoms with Crippen molar-refractivity contribution in [2.24, 2.45) is 0 Å². The number of carbonyl (C=O) groups is 1. The Kier molecular flexibility index (Phi) is 1.75. The van der Waals surface area contributed by atoms with Crippen LogP contribution in [0.25, 0.3) is 11.3 Å². The van der Waals surface area contributed by atoms with Gasteiger partial charge in [0.05, 0.1) is 0 Å². The van der Waals surface area contributed by atoms with Gasteiger partial charge in [-0.15, -0.1) is 0 Å². The van der Waals surface area contributed by atoms with Gasteiger partial charge in [0.15, 0.2) is 12.0 Å². The topological polar surface area (TPSA) is 30.2 Å².